The molecule has 0 fully saturated rings. The summed E-state index contributed by atoms with van der Waals surface area (Å²) in [7, 11) is 0. The number of benzene rings is 1. The summed E-state index contributed by atoms with van der Waals surface area (Å²) in [6.07, 6.45) is -4.98. The van der Waals surface area contributed by atoms with E-state index in [1.807, 2.05) is 5.32 Å². The van der Waals surface area contributed by atoms with Crippen molar-refractivity contribution >= 4 is 27.6 Å². The van der Waals surface area contributed by atoms with E-state index in [9.17, 15) is 26.7 Å². The van der Waals surface area contributed by atoms with Crippen LogP contribution in [0.25, 0.3) is 0 Å². The molecule has 0 heterocycles. The molecule has 0 aliphatic rings. The van der Waals surface area contributed by atoms with Gasteiger partial charge in [-0.2, -0.15) is 13.2 Å². The van der Waals surface area contributed by atoms with Gasteiger partial charge in [0.2, 0.25) is 0 Å². The van der Waals surface area contributed by atoms with Gasteiger partial charge < -0.3 is 10.4 Å². The van der Waals surface area contributed by atoms with Crippen LogP contribution in [0.1, 0.15) is 0 Å². The van der Waals surface area contributed by atoms with Crippen molar-refractivity contribution in [2.24, 2.45) is 5.92 Å². The van der Waals surface area contributed by atoms with Crippen LogP contribution in [0.4, 0.5) is 27.6 Å². The highest BCUT2D eigenvalue weighted by Crippen LogP contribution is 2.28. The summed E-state index contributed by atoms with van der Waals surface area (Å²) in [5, 5.41) is 10.4. The van der Waals surface area contributed by atoms with Crippen molar-refractivity contribution in [2.45, 2.75) is 6.18 Å². The molecule has 3 nitrogen and oxygen atoms in total. The van der Waals surface area contributed by atoms with Gasteiger partial charge in [-0.25, -0.2) is 8.78 Å². The smallest absolute Gasteiger partial charge is 0.403 e. The molecular formula is C10H7BrF5NO2. The van der Waals surface area contributed by atoms with Gasteiger partial charge in [-0.1, -0.05) is 0 Å². The number of rotatable bonds is 4. The normalized spacial score (nSPS) is 13.2. The van der Waals surface area contributed by atoms with Gasteiger partial charge in [-0.05, 0) is 22.0 Å². The van der Waals surface area contributed by atoms with E-state index in [-0.39, 0.29) is 4.47 Å². The van der Waals surface area contributed by atoms with Gasteiger partial charge >= 0.3 is 12.1 Å². The molecule has 0 saturated carbocycles. The van der Waals surface area contributed by atoms with E-state index >= 15 is 0 Å². The number of hydrogen-bond donors (Lipinski definition) is 2. The summed E-state index contributed by atoms with van der Waals surface area (Å²) in [5.74, 6) is -6.70. The van der Waals surface area contributed by atoms with Crippen molar-refractivity contribution in [1.82, 2.24) is 0 Å². The van der Waals surface area contributed by atoms with Crippen LogP contribution < -0.4 is 5.32 Å². The summed E-state index contributed by atoms with van der Waals surface area (Å²) in [6, 6.07) is 1.36. The predicted molar refractivity (Wildman–Crippen MR) is 59.7 cm³/mol. The van der Waals surface area contributed by atoms with Crippen molar-refractivity contribution in [3.05, 3.63) is 28.2 Å². The maximum atomic E-state index is 13.3. The minimum absolute atomic E-state index is 0.193. The summed E-state index contributed by atoms with van der Waals surface area (Å²) < 4.78 is 63.1. The Morgan fingerprint density at radius 3 is 2.37 bits per heavy atom. The fraction of sp³-hybridized carbons (Fsp3) is 0.300. The Labute approximate surface area is 112 Å². The topological polar surface area (TPSA) is 49.3 Å². The molecule has 9 heteroatoms. The van der Waals surface area contributed by atoms with E-state index in [1.54, 1.807) is 0 Å². The second-order valence-electron chi connectivity index (χ2n) is 3.56. The molecule has 0 aromatic heterocycles. The van der Waals surface area contributed by atoms with Crippen LogP contribution in [0.5, 0.6) is 0 Å². The van der Waals surface area contributed by atoms with Crippen LogP contribution in [-0.4, -0.2) is 23.8 Å². The van der Waals surface area contributed by atoms with Crippen LogP contribution in [-0.2, 0) is 4.79 Å². The monoisotopic (exact) mass is 347 g/mol. The first kappa shape index (κ1) is 15.7. The molecule has 1 unspecified atom stereocenters. The summed E-state index contributed by atoms with van der Waals surface area (Å²) in [5.41, 5.74) is -0.545. The number of carboxylic acids is 1. The van der Waals surface area contributed by atoms with Crippen LogP contribution >= 0.6 is 15.9 Å². The Hall–Kier alpha value is -1.38. The number of carboxylic acid groups (broad SMARTS) is 1. The van der Waals surface area contributed by atoms with Gasteiger partial charge in [0.15, 0.2) is 5.92 Å². The number of hydrogen-bond acceptors (Lipinski definition) is 2. The van der Waals surface area contributed by atoms with Gasteiger partial charge in [0.05, 0.1) is 10.2 Å². The van der Waals surface area contributed by atoms with Crippen molar-refractivity contribution in [2.75, 3.05) is 11.9 Å². The molecule has 1 rings (SSSR count). The summed E-state index contributed by atoms with van der Waals surface area (Å²) in [4.78, 5) is 10.4. The van der Waals surface area contributed by atoms with Crippen LogP contribution in [0.3, 0.4) is 0 Å². The molecule has 1 atom stereocenters. The lowest BCUT2D eigenvalue weighted by Crippen LogP contribution is -2.36. The highest BCUT2D eigenvalue weighted by Gasteiger charge is 2.44. The van der Waals surface area contributed by atoms with Crippen LogP contribution in [0.2, 0.25) is 0 Å². The molecule has 0 radical (unpaired) electrons. The van der Waals surface area contributed by atoms with E-state index in [2.05, 4.69) is 15.9 Å². The Morgan fingerprint density at radius 1 is 1.32 bits per heavy atom. The number of halogens is 6. The Bertz CT molecular complexity index is 492. The van der Waals surface area contributed by atoms with Gasteiger partial charge in [0.25, 0.3) is 0 Å². The maximum Gasteiger partial charge on any atom is 0.403 e. The Balaban J connectivity index is 2.86. The largest absolute Gasteiger partial charge is 0.481 e. The van der Waals surface area contributed by atoms with Gasteiger partial charge in [-0.15, -0.1) is 0 Å². The second-order valence-corrected chi connectivity index (χ2v) is 4.41. The molecule has 1 aromatic carbocycles. The fourth-order valence-electron chi connectivity index (χ4n) is 1.21. The zero-order valence-electron chi connectivity index (χ0n) is 9.06. The third-order valence-electron chi connectivity index (χ3n) is 2.20. The summed E-state index contributed by atoms with van der Waals surface area (Å²) in [6.45, 7) is -1.10. The number of alkyl halides is 3. The van der Waals surface area contributed by atoms with E-state index in [0.29, 0.717) is 6.07 Å². The third-order valence-corrected chi connectivity index (χ3v) is 2.81. The second kappa shape index (κ2) is 5.72. The van der Waals surface area contributed by atoms with Crippen molar-refractivity contribution < 1.29 is 31.9 Å². The zero-order valence-corrected chi connectivity index (χ0v) is 10.6. The van der Waals surface area contributed by atoms with E-state index in [0.717, 1.165) is 6.07 Å². The molecule has 0 aliphatic heterocycles. The average Bonchev–Trinajstić information content (AvgIpc) is 2.23. The molecule has 0 saturated heterocycles. The van der Waals surface area contributed by atoms with Crippen LogP contribution in [0, 0.1) is 17.6 Å². The molecule has 2 N–H and O–H groups in total. The number of anilines is 1. The predicted octanol–water partition coefficient (Wildman–Crippen LogP) is 3.40. The number of aliphatic carboxylic acids is 1. The molecule has 1 aromatic rings. The lowest BCUT2D eigenvalue weighted by molar-refractivity contribution is -0.190. The van der Waals surface area contributed by atoms with Gasteiger partial charge in [0.1, 0.15) is 11.6 Å². The minimum Gasteiger partial charge on any atom is -0.481 e. The van der Waals surface area contributed by atoms with Crippen molar-refractivity contribution in [3.63, 3.8) is 0 Å². The molecule has 0 spiro atoms. The lowest BCUT2D eigenvalue weighted by atomic mass is 10.1. The van der Waals surface area contributed by atoms with E-state index < -0.39 is 41.9 Å². The molecule has 19 heavy (non-hydrogen) atoms. The van der Waals surface area contributed by atoms with Crippen molar-refractivity contribution in [1.29, 1.82) is 0 Å². The van der Waals surface area contributed by atoms with E-state index in [4.69, 9.17) is 5.11 Å². The summed E-state index contributed by atoms with van der Waals surface area (Å²) >= 11 is 2.70. The Morgan fingerprint density at radius 2 is 1.89 bits per heavy atom. The van der Waals surface area contributed by atoms with E-state index in [1.165, 1.54) is 0 Å². The maximum absolute atomic E-state index is 13.3. The average molecular weight is 348 g/mol. The standard InChI is InChI=1S/C10H7BrF5NO2/c11-5-1-7(13)8(2-6(5)12)17-3-4(9(18)19)10(14,15)16/h1-2,4,17H,3H2,(H,18,19). The van der Waals surface area contributed by atoms with Gasteiger partial charge in [0, 0.05) is 12.6 Å². The quantitative estimate of drug-likeness (QED) is 0.648. The number of nitrogens with one attached hydrogen (secondary N) is 1. The minimum atomic E-state index is -4.98. The van der Waals surface area contributed by atoms with Crippen molar-refractivity contribution in [3.8, 4) is 0 Å². The first-order valence-corrected chi connectivity index (χ1v) is 5.60. The highest BCUT2D eigenvalue weighted by atomic mass is 79.9. The highest BCUT2D eigenvalue weighted by molar-refractivity contribution is 9.10. The van der Waals surface area contributed by atoms with Gasteiger partial charge in [-0.3, -0.25) is 4.79 Å². The molecule has 106 valence electrons. The Kier molecular flexibility index (Phi) is 4.72. The first-order chi connectivity index (χ1) is 8.62. The fourth-order valence-corrected chi connectivity index (χ4v) is 1.53. The molecular weight excluding hydrogens is 341 g/mol. The third kappa shape index (κ3) is 4.05. The number of carbonyl (C=O) groups is 1. The first-order valence-electron chi connectivity index (χ1n) is 4.81. The molecule has 0 bridgehead atoms. The molecule has 0 aliphatic carbocycles. The molecule has 0 amide bonds. The van der Waals surface area contributed by atoms with Crippen LogP contribution in [0.15, 0.2) is 16.6 Å². The SMILES string of the molecule is O=C(O)C(CNc1cc(F)c(Br)cc1F)C(F)(F)F. The zero-order chi connectivity index (χ0) is 14.8. The lowest BCUT2D eigenvalue weighted by Gasteiger charge is -2.17.